The SMILES string of the molecule is O=C(O)Cn1nnc(-c2ccc(C3=CC4(CCNCC4)Oc4ccccc43)cc2)n1. The molecule has 1 spiro atoms. The highest BCUT2D eigenvalue weighted by Gasteiger charge is 2.36. The summed E-state index contributed by atoms with van der Waals surface area (Å²) < 4.78 is 6.44. The van der Waals surface area contributed by atoms with E-state index < -0.39 is 5.97 Å². The van der Waals surface area contributed by atoms with Crippen LogP contribution in [0.15, 0.2) is 54.6 Å². The highest BCUT2D eigenvalue weighted by Crippen LogP contribution is 2.42. The van der Waals surface area contributed by atoms with Crippen molar-refractivity contribution in [1.29, 1.82) is 0 Å². The Bertz CT molecular complexity index is 1110. The highest BCUT2D eigenvalue weighted by molar-refractivity contribution is 5.85. The van der Waals surface area contributed by atoms with Crippen LogP contribution in [0, 0.1) is 0 Å². The zero-order valence-corrected chi connectivity index (χ0v) is 16.3. The molecule has 5 rings (SSSR count). The van der Waals surface area contributed by atoms with E-state index in [1.54, 1.807) is 0 Å². The van der Waals surface area contributed by atoms with Crippen LogP contribution in [0.5, 0.6) is 5.75 Å². The Labute approximate surface area is 173 Å². The van der Waals surface area contributed by atoms with Gasteiger partial charge in [0.15, 0.2) is 6.54 Å². The van der Waals surface area contributed by atoms with Gasteiger partial charge in [0.1, 0.15) is 11.4 Å². The zero-order chi connectivity index (χ0) is 20.6. The van der Waals surface area contributed by atoms with Crippen molar-refractivity contribution in [2.24, 2.45) is 0 Å². The van der Waals surface area contributed by atoms with Crippen LogP contribution >= 0.6 is 0 Å². The van der Waals surface area contributed by atoms with Crippen LogP contribution in [-0.4, -0.2) is 50.0 Å². The summed E-state index contributed by atoms with van der Waals surface area (Å²) in [5, 5.41) is 24.2. The maximum absolute atomic E-state index is 10.8. The molecule has 2 aliphatic rings. The Morgan fingerprint density at radius 1 is 1.10 bits per heavy atom. The molecule has 0 aliphatic carbocycles. The van der Waals surface area contributed by atoms with Crippen LogP contribution in [0.25, 0.3) is 17.0 Å². The topological polar surface area (TPSA) is 102 Å². The van der Waals surface area contributed by atoms with Crippen LogP contribution in [0.2, 0.25) is 0 Å². The fourth-order valence-corrected chi connectivity index (χ4v) is 4.05. The lowest BCUT2D eigenvalue weighted by atomic mass is 9.83. The molecule has 30 heavy (non-hydrogen) atoms. The van der Waals surface area contributed by atoms with E-state index in [1.807, 2.05) is 42.5 Å². The summed E-state index contributed by atoms with van der Waals surface area (Å²) in [7, 11) is 0. The molecular formula is C22H21N5O3. The second kappa shape index (κ2) is 7.38. The minimum Gasteiger partial charge on any atom is -0.482 e. The summed E-state index contributed by atoms with van der Waals surface area (Å²) in [6, 6.07) is 16.1. The molecule has 0 bridgehead atoms. The van der Waals surface area contributed by atoms with E-state index in [9.17, 15) is 4.79 Å². The summed E-state index contributed by atoms with van der Waals surface area (Å²) >= 11 is 0. The van der Waals surface area contributed by atoms with Gasteiger partial charge in [-0.3, -0.25) is 4.79 Å². The predicted molar refractivity (Wildman–Crippen MR) is 110 cm³/mol. The molecule has 0 unspecified atom stereocenters. The molecule has 0 atom stereocenters. The first-order valence-electron chi connectivity index (χ1n) is 9.94. The first-order valence-corrected chi connectivity index (χ1v) is 9.94. The number of rotatable bonds is 4. The summed E-state index contributed by atoms with van der Waals surface area (Å²) in [5.74, 6) is 0.310. The second-order valence-corrected chi connectivity index (χ2v) is 7.59. The normalized spacial score (nSPS) is 17.1. The summed E-state index contributed by atoms with van der Waals surface area (Å²) in [6.45, 7) is 1.55. The molecule has 3 aromatic rings. The van der Waals surface area contributed by atoms with Gasteiger partial charge in [0.25, 0.3) is 0 Å². The minimum absolute atomic E-state index is 0.283. The molecule has 152 valence electrons. The number of carboxylic acids is 1. The number of aliphatic carboxylic acids is 1. The summed E-state index contributed by atoms with van der Waals surface area (Å²) in [6.07, 6.45) is 4.13. The number of benzene rings is 2. The molecule has 1 aromatic heterocycles. The van der Waals surface area contributed by atoms with E-state index in [4.69, 9.17) is 9.84 Å². The number of para-hydroxylation sites is 1. The van der Waals surface area contributed by atoms with Crippen molar-refractivity contribution in [3.05, 3.63) is 65.7 Å². The number of carbonyl (C=O) groups is 1. The fourth-order valence-electron chi connectivity index (χ4n) is 4.05. The molecule has 2 aliphatic heterocycles. The van der Waals surface area contributed by atoms with E-state index in [0.717, 1.165) is 58.7 Å². The number of nitrogens with one attached hydrogen (secondary N) is 1. The molecule has 8 nitrogen and oxygen atoms in total. The average molecular weight is 403 g/mol. The number of piperidine rings is 1. The third-order valence-corrected chi connectivity index (χ3v) is 5.53. The van der Waals surface area contributed by atoms with E-state index in [1.165, 1.54) is 0 Å². The monoisotopic (exact) mass is 403 g/mol. The lowest BCUT2D eigenvalue weighted by Crippen LogP contribution is -2.46. The van der Waals surface area contributed by atoms with Gasteiger partial charge in [0, 0.05) is 24.0 Å². The largest absolute Gasteiger partial charge is 0.482 e. The number of hydrogen-bond donors (Lipinski definition) is 2. The van der Waals surface area contributed by atoms with Gasteiger partial charge in [-0.2, -0.15) is 4.80 Å². The molecule has 2 aromatic carbocycles. The average Bonchev–Trinajstić information content (AvgIpc) is 3.21. The van der Waals surface area contributed by atoms with Crippen LogP contribution in [0.1, 0.15) is 24.0 Å². The molecule has 0 radical (unpaired) electrons. The van der Waals surface area contributed by atoms with Crippen LogP contribution < -0.4 is 10.1 Å². The standard InChI is InChI=1S/C22H21N5O3/c28-20(29)14-27-25-21(24-26-27)16-7-5-15(6-8-16)18-13-22(9-11-23-12-10-22)30-19-4-2-1-3-17(18)19/h1-8,13,23H,9-12,14H2,(H,28,29). The number of carboxylic acid groups (broad SMARTS) is 1. The lowest BCUT2D eigenvalue weighted by molar-refractivity contribution is -0.138. The molecule has 2 N–H and O–H groups in total. The maximum Gasteiger partial charge on any atom is 0.327 e. The van der Waals surface area contributed by atoms with E-state index >= 15 is 0 Å². The zero-order valence-electron chi connectivity index (χ0n) is 16.3. The van der Waals surface area contributed by atoms with Crippen molar-refractivity contribution < 1.29 is 14.6 Å². The number of aromatic nitrogens is 4. The molecule has 8 heteroatoms. The van der Waals surface area contributed by atoms with Crippen molar-refractivity contribution in [3.8, 4) is 17.1 Å². The third kappa shape index (κ3) is 3.46. The van der Waals surface area contributed by atoms with Gasteiger partial charge in [-0.1, -0.05) is 42.5 Å². The van der Waals surface area contributed by atoms with Crippen molar-refractivity contribution in [1.82, 2.24) is 25.5 Å². The molecule has 1 saturated heterocycles. The van der Waals surface area contributed by atoms with Crippen molar-refractivity contribution in [3.63, 3.8) is 0 Å². The second-order valence-electron chi connectivity index (χ2n) is 7.59. The van der Waals surface area contributed by atoms with E-state index in [0.29, 0.717) is 5.82 Å². The van der Waals surface area contributed by atoms with Gasteiger partial charge in [-0.15, -0.1) is 10.2 Å². The molecule has 3 heterocycles. The van der Waals surface area contributed by atoms with Gasteiger partial charge in [-0.25, -0.2) is 0 Å². The maximum atomic E-state index is 10.8. The summed E-state index contributed by atoms with van der Waals surface area (Å²) in [5.41, 5.74) is 3.83. The predicted octanol–water partition coefficient (Wildman–Crippen LogP) is 2.37. The third-order valence-electron chi connectivity index (χ3n) is 5.53. The number of ether oxygens (including phenoxy) is 1. The van der Waals surface area contributed by atoms with Gasteiger partial charge in [0.05, 0.1) is 0 Å². The molecule has 0 saturated carbocycles. The quantitative estimate of drug-likeness (QED) is 0.689. The molecule has 0 amide bonds. The Hall–Kier alpha value is -3.52. The van der Waals surface area contributed by atoms with Gasteiger partial charge < -0.3 is 15.2 Å². The smallest absolute Gasteiger partial charge is 0.327 e. The number of fused-ring (bicyclic) bond motifs is 1. The van der Waals surface area contributed by atoms with Crippen molar-refractivity contribution in [2.75, 3.05) is 13.1 Å². The van der Waals surface area contributed by atoms with Crippen molar-refractivity contribution >= 4 is 11.5 Å². The number of hydrogen-bond acceptors (Lipinski definition) is 6. The highest BCUT2D eigenvalue weighted by atomic mass is 16.5. The Morgan fingerprint density at radius 2 is 1.83 bits per heavy atom. The first kappa shape index (κ1) is 18.5. The van der Waals surface area contributed by atoms with Crippen LogP contribution in [0.4, 0.5) is 0 Å². The lowest BCUT2D eigenvalue weighted by Gasteiger charge is -2.40. The van der Waals surface area contributed by atoms with Gasteiger partial charge in [0.2, 0.25) is 5.82 Å². The van der Waals surface area contributed by atoms with Gasteiger partial charge >= 0.3 is 5.97 Å². The Morgan fingerprint density at radius 3 is 2.60 bits per heavy atom. The fraction of sp³-hybridized carbons (Fsp3) is 0.273. The van der Waals surface area contributed by atoms with Crippen LogP contribution in [0.3, 0.4) is 0 Å². The summed E-state index contributed by atoms with van der Waals surface area (Å²) in [4.78, 5) is 11.9. The molecular weight excluding hydrogens is 382 g/mol. The molecule has 1 fully saturated rings. The number of tetrazole rings is 1. The minimum atomic E-state index is -1.01. The van der Waals surface area contributed by atoms with Crippen LogP contribution in [-0.2, 0) is 11.3 Å². The Kier molecular flexibility index (Phi) is 4.55. The van der Waals surface area contributed by atoms with Gasteiger partial charge in [-0.05, 0) is 41.6 Å². The number of nitrogens with zero attached hydrogens (tertiary/aromatic N) is 4. The first-order chi connectivity index (χ1) is 14.6. The Balaban J connectivity index is 1.49. The van der Waals surface area contributed by atoms with Crippen molar-refractivity contribution in [2.45, 2.75) is 25.0 Å². The van der Waals surface area contributed by atoms with E-state index in [-0.39, 0.29) is 12.1 Å². The van der Waals surface area contributed by atoms with E-state index in [2.05, 4.69) is 32.9 Å².